The first-order valence-electron chi connectivity index (χ1n) is 8.39. The van der Waals surface area contributed by atoms with Gasteiger partial charge in [-0.05, 0) is 36.1 Å². The van der Waals surface area contributed by atoms with Crippen LogP contribution in [-0.2, 0) is 0 Å². The first kappa shape index (κ1) is 18.3. The van der Waals surface area contributed by atoms with Crippen LogP contribution in [0.5, 0.6) is 11.5 Å². The second kappa shape index (κ2) is 7.78. The van der Waals surface area contributed by atoms with Gasteiger partial charge >= 0.3 is 0 Å². The van der Waals surface area contributed by atoms with E-state index in [1.807, 2.05) is 30.5 Å². The van der Waals surface area contributed by atoms with Gasteiger partial charge in [0.25, 0.3) is 11.8 Å². The van der Waals surface area contributed by atoms with Crippen LogP contribution in [0.2, 0.25) is 0 Å². The van der Waals surface area contributed by atoms with Gasteiger partial charge in [0.1, 0.15) is 0 Å². The molecular formula is C19H22N2O4S. The number of carbonyl (C=O) groups excluding carboxylic acids is 2. The molecular weight excluding hydrogens is 352 g/mol. The van der Waals surface area contributed by atoms with E-state index in [9.17, 15) is 9.59 Å². The number of nitrogens with zero attached hydrogens (tertiary/aromatic N) is 2. The minimum absolute atomic E-state index is 0.0365. The number of hydrogen-bond donors (Lipinski definition) is 0. The Morgan fingerprint density at radius 2 is 1.54 bits per heavy atom. The van der Waals surface area contributed by atoms with Crippen molar-refractivity contribution in [2.24, 2.45) is 0 Å². The van der Waals surface area contributed by atoms with Gasteiger partial charge in [-0.1, -0.05) is 6.07 Å². The molecule has 0 bridgehead atoms. The lowest BCUT2D eigenvalue weighted by molar-refractivity contribution is 0.0537. The highest BCUT2D eigenvalue weighted by Gasteiger charge is 2.27. The van der Waals surface area contributed by atoms with Crippen molar-refractivity contribution in [3.63, 3.8) is 0 Å². The molecule has 7 heteroatoms. The molecule has 0 saturated carbocycles. The zero-order valence-corrected chi connectivity index (χ0v) is 16.0. The molecule has 2 heterocycles. The molecule has 1 aliphatic rings. The van der Waals surface area contributed by atoms with Crippen LogP contribution >= 0.6 is 11.3 Å². The Labute approximate surface area is 156 Å². The van der Waals surface area contributed by atoms with Gasteiger partial charge in [-0.3, -0.25) is 9.59 Å². The number of rotatable bonds is 4. The smallest absolute Gasteiger partial charge is 0.264 e. The van der Waals surface area contributed by atoms with E-state index in [1.165, 1.54) is 11.3 Å². The SMILES string of the molecule is COc1cc(C)c(C(=O)N2CCN(C(=O)c3cccs3)CC2)cc1OC. The maximum absolute atomic E-state index is 12.9. The summed E-state index contributed by atoms with van der Waals surface area (Å²) in [5, 5.41) is 1.90. The predicted molar refractivity (Wildman–Crippen MR) is 100 cm³/mol. The van der Waals surface area contributed by atoms with Gasteiger partial charge in [-0.2, -0.15) is 0 Å². The maximum Gasteiger partial charge on any atom is 0.264 e. The highest BCUT2D eigenvalue weighted by Crippen LogP contribution is 2.31. The van der Waals surface area contributed by atoms with Crippen molar-refractivity contribution in [2.75, 3.05) is 40.4 Å². The summed E-state index contributed by atoms with van der Waals surface area (Å²) in [5.41, 5.74) is 1.44. The fraction of sp³-hybridized carbons (Fsp3) is 0.368. The molecule has 2 aromatic rings. The molecule has 0 radical (unpaired) electrons. The van der Waals surface area contributed by atoms with Gasteiger partial charge in [0.2, 0.25) is 0 Å². The molecule has 0 spiro atoms. The van der Waals surface area contributed by atoms with Crippen LogP contribution in [-0.4, -0.2) is 62.0 Å². The highest BCUT2D eigenvalue weighted by molar-refractivity contribution is 7.12. The number of thiophene rings is 1. The van der Waals surface area contributed by atoms with E-state index in [0.29, 0.717) is 43.2 Å². The standard InChI is InChI=1S/C19H22N2O4S/c1-13-11-15(24-2)16(25-3)12-14(13)18(22)20-6-8-21(9-7-20)19(23)17-5-4-10-26-17/h4-5,10-12H,6-9H2,1-3H3. The minimum Gasteiger partial charge on any atom is -0.493 e. The third kappa shape index (κ3) is 3.53. The van der Waals surface area contributed by atoms with Crippen LogP contribution in [0.25, 0.3) is 0 Å². The Morgan fingerprint density at radius 3 is 2.08 bits per heavy atom. The van der Waals surface area contributed by atoms with E-state index in [0.717, 1.165) is 10.4 Å². The van der Waals surface area contributed by atoms with Crippen LogP contribution in [0.4, 0.5) is 0 Å². The Kier molecular flexibility index (Phi) is 5.46. The molecule has 1 fully saturated rings. The molecule has 1 saturated heterocycles. The highest BCUT2D eigenvalue weighted by atomic mass is 32.1. The Balaban J connectivity index is 1.70. The molecule has 26 heavy (non-hydrogen) atoms. The monoisotopic (exact) mass is 374 g/mol. The summed E-state index contributed by atoms with van der Waals surface area (Å²) in [6.45, 7) is 3.99. The molecule has 0 N–H and O–H groups in total. The summed E-state index contributed by atoms with van der Waals surface area (Å²) in [5.74, 6) is 1.13. The largest absolute Gasteiger partial charge is 0.493 e. The number of hydrogen-bond acceptors (Lipinski definition) is 5. The van der Waals surface area contributed by atoms with Gasteiger partial charge in [0.15, 0.2) is 11.5 Å². The van der Waals surface area contributed by atoms with E-state index in [4.69, 9.17) is 9.47 Å². The number of methoxy groups -OCH3 is 2. The van der Waals surface area contributed by atoms with E-state index in [1.54, 1.807) is 30.1 Å². The molecule has 1 aliphatic heterocycles. The fourth-order valence-electron chi connectivity index (χ4n) is 3.05. The van der Waals surface area contributed by atoms with Crippen molar-refractivity contribution in [1.82, 2.24) is 9.80 Å². The zero-order chi connectivity index (χ0) is 18.7. The third-order valence-electron chi connectivity index (χ3n) is 4.55. The summed E-state index contributed by atoms with van der Waals surface area (Å²) >= 11 is 1.44. The number of ether oxygens (including phenoxy) is 2. The average molecular weight is 374 g/mol. The lowest BCUT2D eigenvalue weighted by Gasteiger charge is -2.35. The molecule has 1 aromatic carbocycles. The van der Waals surface area contributed by atoms with Gasteiger partial charge in [0, 0.05) is 31.7 Å². The van der Waals surface area contributed by atoms with Gasteiger partial charge in [-0.25, -0.2) is 0 Å². The van der Waals surface area contributed by atoms with Gasteiger partial charge in [0.05, 0.1) is 19.1 Å². The molecule has 0 atom stereocenters. The number of piperazine rings is 1. The summed E-state index contributed by atoms with van der Waals surface area (Å²) in [7, 11) is 3.12. The molecule has 0 aliphatic carbocycles. The minimum atomic E-state index is -0.0494. The molecule has 0 unspecified atom stereocenters. The van der Waals surface area contributed by atoms with Crippen LogP contribution in [0.15, 0.2) is 29.6 Å². The molecule has 3 rings (SSSR count). The van der Waals surface area contributed by atoms with Crippen molar-refractivity contribution >= 4 is 23.2 Å². The number of benzene rings is 1. The van der Waals surface area contributed by atoms with Crippen molar-refractivity contribution in [3.8, 4) is 11.5 Å². The summed E-state index contributed by atoms with van der Waals surface area (Å²) in [4.78, 5) is 29.7. The van der Waals surface area contributed by atoms with Gasteiger partial charge in [-0.15, -0.1) is 11.3 Å². The third-order valence-corrected chi connectivity index (χ3v) is 5.40. The molecule has 6 nitrogen and oxygen atoms in total. The lowest BCUT2D eigenvalue weighted by atomic mass is 10.1. The molecule has 2 amide bonds. The molecule has 1 aromatic heterocycles. The lowest BCUT2D eigenvalue weighted by Crippen LogP contribution is -2.50. The topological polar surface area (TPSA) is 59.1 Å². The van der Waals surface area contributed by atoms with Crippen LogP contribution < -0.4 is 9.47 Å². The number of carbonyl (C=O) groups is 2. The summed E-state index contributed by atoms with van der Waals surface area (Å²) in [6.07, 6.45) is 0. The molecule has 138 valence electrons. The second-order valence-corrected chi connectivity index (χ2v) is 7.03. The van der Waals surface area contributed by atoms with E-state index in [2.05, 4.69) is 0 Å². The predicted octanol–water partition coefficient (Wildman–Crippen LogP) is 2.67. The number of amides is 2. The van der Waals surface area contributed by atoms with Crippen molar-refractivity contribution in [3.05, 3.63) is 45.6 Å². The number of aryl methyl sites for hydroxylation is 1. The van der Waals surface area contributed by atoms with Gasteiger partial charge < -0.3 is 19.3 Å². The normalized spacial score (nSPS) is 14.3. The zero-order valence-electron chi connectivity index (χ0n) is 15.2. The van der Waals surface area contributed by atoms with E-state index < -0.39 is 0 Å². The second-order valence-electron chi connectivity index (χ2n) is 6.08. The summed E-state index contributed by atoms with van der Waals surface area (Å²) in [6, 6.07) is 7.23. The first-order valence-corrected chi connectivity index (χ1v) is 9.27. The van der Waals surface area contributed by atoms with Crippen molar-refractivity contribution in [2.45, 2.75) is 6.92 Å². The van der Waals surface area contributed by atoms with Crippen LogP contribution in [0, 0.1) is 6.92 Å². The first-order chi connectivity index (χ1) is 12.5. The average Bonchev–Trinajstić information content (AvgIpc) is 3.21. The van der Waals surface area contributed by atoms with Crippen molar-refractivity contribution < 1.29 is 19.1 Å². The fourth-order valence-corrected chi connectivity index (χ4v) is 3.74. The maximum atomic E-state index is 12.9. The Hall–Kier alpha value is -2.54. The summed E-state index contributed by atoms with van der Waals surface area (Å²) < 4.78 is 10.6. The Morgan fingerprint density at radius 1 is 0.962 bits per heavy atom. The van der Waals surface area contributed by atoms with Crippen LogP contribution in [0.1, 0.15) is 25.6 Å². The van der Waals surface area contributed by atoms with Crippen LogP contribution in [0.3, 0.4) is 0 Å². The van der Waals surface area contributed by atoms with E-state index in [-0.39, 0.29) is 11.8 Å². The quantitative estimate of drug-likeness (QED) is 0.826. The van der Waals surface area contributed by atoms with E-state index >= 15 is 0 Å². The van der Waals surface area contributed by atoms with Crippen molar-refractivity contribution in [1.29, 1.82) is 0 Å². The Bertz CT molecular complexity index is 796.